The van der Waals surface area contributed by atoms with Gasteiger partial charge in [-0.05, 0) is 52.5 Å². The second kappa shape index (κ2) is 8.88. The van der Waals surface area contributed by atoms with E-state index in [-0.39, 0.29) is 34.0 Å². The number of hydrogen-bond acceptors (Lipinski definition) is 9. The maximum absolute atomic E-state index is 13.6. The van der Waals surface area contributed by atoms with Gasteiger partial charge in [0.25, 0.3) is 6.43 Å². The molecule has 0 spiro atoms. The molecule has 1 atom stereocenters. The van der Waals surface area contributed by atoms with Gasteiger partial charge in [0.05, 0.1) is 28.3 Å². The summed E-state index contributed by atoms with van der Waals surface area (Å²) < 4.78 is 58.5. The van der Waals surface area contributed by atoms with Gasteiger partial charge in [0.15, 0.2) is 10.0 Å². The molecule has 14 heteroatoms. The molecular formula is C24H31F2N7O3S2. The number of nitrogens with one attached hydrogen (secondary N) is 2. The first-order chi connectivity index (χ1) is 17.9. The van der Waals surface area contributed by atoms with E-state index in [4.69, 9.17) is 5.10 Å². The lowest BCUT2D eigenvalue weighted by Gasteiger charge is -2.44. The first-order valence-electron chi connectivity index (χ1n) is 12.7. The van der Waals surface area contributed by atoms with E-state index in [9.17, 15) is 22.3 Å². The summed E-state index contributed by atoms with van der Waals surface area (Å²) in [5.74, 6) is 0.702. The molecule has 3 aromatic heterocycles. The van der Waals surface area contributed by atoms with Crippen LogP contribution in [0, 0.1) is 0 Å². The second-order valence-corrected chi connectivity index (χ2v) is 14.3. The largest absolute Gasteiger partial charge is 0.395 e. The number of aliphatic hydroxyl groups is 1. The molecule has 206 valence electrons. The zero-order chi connectivity index (χ0) is 27.0. The van der Waals surface area contributed by atoms with E-state index in [0.29, 0.717) is 40.7 Å². The summed E-state index contributed by atoms with van der Waals surface area (Å²) in [6, 6.07) is 2.95. The molecule has 3 fully saturated rings. The molecule has 3 aliphatic rings. The topological polar surface area (TPSA) is 125 Å². The Hall–Kier alpha value is -2.26. The third-order valence-corrected chi connectivity index (χ3v) is 9.94. The number of aliphatic hydroxyl groups excluding tert-OH is 1. The van der Waals surface area contributed by atoms with Gasteiger partial charge >= 0.3 is 0 Å². The number of piperazine rings is 1. The van der Waals surface area contributed by atoms with Gasteiger partial charge in [-0.3, -0.25) is 0 Å². The number of sulfonamides is 1. The maximum Gasteiger partial charge on any atom is 0.291 e. The van der Waals surface area contributed by atoms with Gasteiger partial charge in [-0.15, -0.1) is 10.2 Å². The fraction of sp³-hybridized carbons (Fsp3) is 0.625. The van der Waals surface area contributed by atoms with Gasteiger partial charge in [0.1, 0.15) is 5.82 Å². The molecule has 0 radical (unpaired) electrons. The number of pyridine rings is 1. The molecule has 6 rings (SSSR count). The van der Waals surface area contributed by atoms with Crippen molar-refractivity contribution in [3.8, 4) is 10.6 Å². The van der Waals surface area contributed by atoms with E-state index >= 15 is 0 Å². The van der Waals surface area contributed by atoms with Crippen LogP contribution in [0.2, 0.25) is 0 Å². The Bertz CT molecular complexity index is 1500. The molecule has 38 heavy (non-hydrogen) atoms. The van der Waals surface area contributed by atoms with E-state index < -0.39 is 22.0 Å². The number of halogens is 2. The number of fused-ring (bicyclic) bond motifs is 1. The fourth-order valence-electron chi connectivity index (χ4n) is 5.19. The Kier molecular flexibility index (Phi) is 6.07. The van der Waals surface area contributed by atoms with Crippen molar-refractivity contribution >= 4 is 32.7 Å². The van der Waals surface area contributed by atoms with Gasteiger partial charge in [0.2, 0.25) is 10.0 Å². The number of aromatic nitrogens is 4. The molecule has 4 heterocycles. The number of nitrogens with zero attached hydrogens (tertiary/aromatic N) is 5. The number of alkyl halides is 2. The molecule has 3 N–H and O–H groups in total. The average Bonchev–Trinajstić information content (AvgIpc) is 3.72. The Morgan fingerprint density at radius 2 is 1.97 bits per heavy atom. The van der Waals surface area contributed by atoms with Gasteiger partial charge in [-0.2, -0.15) is 5.10 Å². The third kappa shape index (κ3) is 4.81. The van der Waals surface area contributed by atoms with E-state index in [1.807, 2.05) is 25.7 Å². The van der Waals surface area contributed by atoms with Gasteiger partial charge in [0, 0.05) is 42.2 Å². The lowest BCUT2D eigenvalue weighted by molar-refractivity contribution is 0.150. The fourth-order valence-corrected chi connectivity index (χ4v) is 7.45. The van der Waals surface area contributed by atoms with Gasteiger partial charge < -0.3 is 15.3 Å². The van der Waals surface area contributed by atoms with Crippen molar-refractivity contribution < 1.29 is 22.3 Å². The van der Waals surface area contributed by atoms with Crippen LogP contribution in [0.3, 0.4) is 0 Å². The predicted octanol–water partition coefficient (Wildman–Crippen LogP) is 3.05. The lowest BCUT2D eigenvalue weighted by atomic mass is 9.98. The van der Waals surface area contributed by atoms with Gasteiger partial charge in [-0.25, -0.2) is 26.4 Å². The highest BCUT2D eigenvalue weighted by atomic mass is 32.2. The van der Waals surface area contributed by atoms with Gasteiger partial charge in [-0.1, -0.05) is 11.3 Å². The lowest BCUT2D eigenvalue weighted by Crippen LogP contribution is -2.63. The second-order valence-electron chi connectivity index (χ2n) is 11.6. The Morgan fingerprint density at radius 1 is 1.24 bits per heavy atom. The monoisotopic (exact) mass is 567 g/mol. The summed E-state index contributed by atoms with van der Waals surface area (Å²) in [6.45, 7) is 6.80. The predicted molar refractivity (Wildman–Crippen MR) is 139 cm³/mol. The summed E-state index contributed by atoms with van der Waals surface area (Å²) in [7, 11) is -3.89. The van der Waals surface area contributed by atoms with Crippen LogP contribution in [0.15, 0.2) is 17.0 Å². The molecule has 1 saturated heterocycles. The number of rotatable bonds is 8. The number of anilines is 1. The van der Waals surface area contributed by atoms with E-state index in [1.165, 1.54) is 0 Å². The summed E-state index contributed by atoms with van der Waals surface area (Å²) in [4.78, 5) is 2.10. The molecule has 0 amide bonds. The average molecular weight is 568 g/mol. The molecular weight excluding hydrogens is 536 g/mol. The van der Waals surface area contributed by atoms with Crippen molar-refractivity contribution in [2.45, 2.75) is 80.8 Å². The van der Waals surface area contributed by atoms with Crippen LogP contribution in [-0.2, 0) is 10.0 Å². The van der Waals surface area contributed by atoms with E-state index in [1.54, 1.807) is 16.6 Å². The molecule has 3 aromatic rings. The molecule has 2 saturated carbocycles. The molecule has 0 bridgehead atoms. The number of hydrogen-bond donors (Lipinski definition) is 3. The molecule has 1 aliphatic heterocycles. The van der Waals surface area contributed by atoms with Crippen molar-refractivity contribution in [2.24, 2.45) is 0 Å². The molecule has 10 nitrogen and oxygen atoms in total. The summed E-state index contributed by atoms with van der Waals surface area (Å²) in [5.41, 5.74) is 0.916. The Balaban J connectivity index is 1.58. The third-order valence-electron chi connectivity index (χ3n) is 7.38. The highest BCUT2D eigenvalue weighted by Crippen LogP contribution is 2.47. The Morgan fingerprint density at radius 3 is 2.58 bits per heavy atom. The highest BCUT2D eigenvalue weighted by molar-refractivity contribution is 7.89. The minimum absolute atomic E-state index is 0.0760. The molecule has 0 unspecified atom stereocenters. The maximum atomic E-state index is 13.6. The SMILES string of the molecule is CC1(C)CN(c2cc(S(=O)(=O)NC3(C)CC3)cc3c(-c4nnc(C(F)F)s4)c(C4CC4)nn23)C[C@H](CO)N1. The zero-order valence-electron chi connectivity index (χ0n) is 21.4. The minimum atomic E-state index is -3.89. The van der Waals surface area contributed by atoms with E-state index in [2.05, 4.69) is 20.2 Å². The summed E-state index contributed by atoms with van der Waals surface area (Å²) in [5, 5.41) is 26.0. The smallest absolute Gasteiger partial charge is 0.291 e. The van der Waals surface area contributed by atoms with Crippen LogP contribution < -0.4 is 14.9 Å². The molecule has 0 aromatic carbocycles. The van der Waals surface area contributed by atoms with Crippen LogP contribution >= 0.6 is 11.3 Å². The highest BCUT2D eigenvalue weighted by Gasteiger charge is 2.42. The zero-order valence-corrected chi connectivity index (χ0v) is 23.0. The van der Waals surface area contributed by atoms with E-state index in [0.717, 1.165) is 37.0 Å². The van der Waals surface area contributed by atoms with Crippen molar-refractivity contribution in [3.63, 3.8) is 0 Å². The van der Waals surface area contributed by atoms with Crippen LogP contribution in [0.1, 0.15) is 69.5 Å². The first kappa shape index (κ1) is 26.0. The summed E-state index contributed by atoms with van der Waals surface area (Å²) in [6.07, 6.45) is 0.587. The van der Waals surface area contributed by atoms with Crippen LogP contribution in [0.4, 0.5) is 14.6 Å². The standard InChI is InChI=1S/C24H31F2N7O3S2/c1-23(2)12-32(10-14(11-34)27-23)17-9-15(38(35,36)31-24(3)6-7-24)8-16-18(19(13-4-5-13)30-33(16)17)21-28-29-22(37-21)20(25)26/h8-9,13-14,20,27,31,34H,4-7,10-12H2,1-3H3/t14-/m1/s1. The summed E-state index contributed by atoms with van der Waals surface area (Å²) >= 11 is 0.804. The first-order valence-corrected chi connectivity index (χ1v) is 15.0. The van der Waals surface area contributed by atoms with Crippen molar-refractivity contribution in [2.75, 3.05) is 24.6 Å². The van der Waals surface area contributed by atoms with Crippen molar-refractivity contribution in [1.82, 2.24) is 29.9 Å². The van der Waals surface area contributed by atoms with Crippen LogP contribution in [0.25, 0.3) is 16.1 Å². The quantitative estimate of drug-likeness (QED) is 0.380. The van der Waals surface area contributed by atoms with Crippen LogP contribution in [-0.4, -0.2) is 70.2 Å². The molecule has 2 aliphatic carbocycles. The van der Waals surface area contributed by atoms with Crippen molar-refractivity contribution in [3.05, 3.63) is 22.8 Å². The Labute approximate surface area is 223 Å². The minimum Gasteiger partial charge on any atom is -0.395 e. The normalized spacial score (nSPS) is 22.9. The van der Waals surface area contributed by atoms with Crippen molar-refractivity contribution in [1.29, 1.82) is 0 Å². The van der Waals surface area contributed by atoms with Crippen LogP contribution in [0.5, 0.6) is 0 Å².